The number of hydrogen-bond acceptors (Lipinski definition) is 2. The van der Waals surface area contributed by atoms with Crippen molar-refractivity contribution in [3.63, 3.8) is 0 Å². The van der Waals surface area contributed by atoms with Gasteiger partial charge in [-0.3, -0.25) is 0 Å². The summed E-state index contributed by atoms with van der Waals surface area (Å²) in [6.07, 6.45) is 0. The lowest BCUT2D eigenvalue weighted by molar-refractivity contribution is 0.464. The van der Waals surface area contributed by atoms with Crippen LogP contribution in [0, 0.1) is 17.2 Å². The van der Waals surface area contributed by atoms with Gasteiger partial charge < -0.3 is 5.32 Å². The highest BCUT2D eigenvalue weighted by atomic mass is 15.0. The van der Waals surface area contributed by atoms with Gasteiger partial charge in [0.15, 0.2) is 0 Å². The van der Waals surface area contributed by atoms with Crippen LogP contribution in [-0.4, -0.2) is 5.54 Å². The molecule has 0 saturated carbocycles. The number of anilines is 1. The molecule has 0 fully saturated rings. The average molecular weight is 188 g/mol. The Morgan fingerprint density at radius 3 is 2.29 bits per heavy atom. The van der Waals surface area contributed by atoms with E-state index in [-0.39, 0.29) is 5.92 Å². The third-order valence-electron chi connectivity index (χ3n) is 2.56. The second kappa shape index (κ2) is 4.15. The second-order valence-corrected chi connectivity index (χ2v) is 3.96. The maximum absolute atomic E-state index is 9.10. The van der Waals surface area contributed by atoms with Crippen molar-refractivity contribution in [2.45, 2.75) is 26.3 Å². The van der Waals surface area contributed by atoms with Gasteiger partial charge in [-0.15, -0.1) is 0 Å². The summed E-state index contributed by atoms with van der Waals surface area (Å²) in [5.74, 6) is 0.271. The Bertz CT molecular complexity index is 324. The number of nitrogens with zero attached hydrogens (tertiary/aromatic N) is 1. The highest BCUT2D eigenvalue weighted by Gasteiger charge is 2.27. The number of rotatable bonds is 3. The Kier molecular flexibility index (Phi) is 3.14. The SMILES string of the molecule is CC(C)[C@@](C)(C#N)Nc1ccccc1. The quantitative estimate of drug-likeness (QED) is 0.791. The van der Waals surface area contributed by atoms with Gasteiger partial charge in [-0.05, 0) is 25.0 Å². The van der Waals surface area contributed by atoms with Crippen LogP contribution < -0.4 is 5.32 Å². The van der Waals surface area contributed by atoms with E-state index in [1.165, 1.54) is 0 Å². The van der Waals surface area contributed by atoms with E-state index in [0.29, 0.717) is 0 Å². The lowest BCUT2D eigenvalue weighted by atomic mass is 9.90. The maximum atomic E-state index is 9.10. The van der Waals surface area contributed by atoms with Gasteiger partial charge in [0.1, 0.15) is 5.54 Å². The van der Waals surface area contributed by atoms with Crippen molar-refractivity contribution in [2.24, 2.45) is 5.92 Å². The minimum Gasteiger partial charge on any atom is -0.367 e. The van der Waals surface area contributed by atoms with Crippen molar-refractivity contribution in [3.05, 3.63) is 30.3 Å². The second-order valence-electron chi connectivity index (χ2n) is 3.96. The molecule has 1 aromatic carbocycles. The number of nitriles is 1. The van der Waals surface area contributed by atoms with E-state index >= 15 is 0 Å². The van der Waals surface area contributed by atoms with Crippen LogP contribution in [0.5, 0.6) is 0 Å². The standard InChI is InChI=1S/C12H16N2/c1-10(2)12(3,9-13)14-11-7-5-4-6-8-11/h4-8,10,14H,1-3H3/t12-/m1/s1. The molecule has 0 unspecified atom stereocenters. The summed E-state index contributed by atoms with van der Waals surface area (Å²) in [5, 5.41) is 12.3. The molecule has 0 saturated heterocycles. The Hall–Kier alpha value is -1.49. The molecule has 0 aliphatic rings. The summed E-state index contributed by atoms with van der Waals surface area (Å²) in [6, 6.07) is 12.1. The molecule has 0 radical (unpaired) electrons. The summed E-state index contributed by atoms with van der Waals surface area (Å²) in [4.78, 5) is 0. The van der Waals surface area contributed by atoms with Gasteiger partial charge >= 0.3 is 0 Å². The summed E-state index contributed by atoms with van der Waals surface area (Å²) < 4.78 is 0. The average Bonchev–Trinajstić information content (AvgIpc) is 2.19. The zero-order valence-corrected chi connectivity index (χ0v) is 8.91. The Labute approximate surface area is 85.6 Å². The van der Waals surface area contributed by atoms with Crippen molar-refractivity contribution in [1.82, 2.24) is 0 Å². The van der Waals surface area contributed by atoms with E-state index in [4.69, 9.17) is 5.26 Å². The Morgan fingerprint density at radius 1 is 1.29 bits per heavy atom. The molecular weight excluding hydrogens is 172 g/mol. The number of para-hydroxylation sites is 1. The number of benzene rings is 1. The van der Waals surface area contributed by atoms with Gasteiger partial charge in [0, 0.05) is 5.69 Å². The lowest BCUT2D eigenvalue weighted by Gasteiger charge is -2.28. The summed E-state index contributed by atoms with van der Waals surface area (Å²) in [7, 11) is 0. The fourth-order valence-electron chi connectivity index (χ4n) is 1.12. The van der Waals surface area contributed by atoms with Crippen molar-refractivity contribution in [2.75, 3.05) is 5.32 Å². The molecule has 0 aliphatic heterocycles. The molecule has 2 heteroatoms. The molecule has 0 bridgehead atoms. The molecule has 2 nitrogen and oxygen atoms in total. The molecular formula is C12H16N2. The molecule has 0 heterocycles. The number of hydrogen-bond donors (Lipinski definition) is 1. The van der Waals surface area contributed by atoms with Crippen LogP contribution in [0.3, 0.4) is 0 Å². The smallest absolute Gasteiger partial charge is 0.124 e. The molecule has 0 spiro atoms. The molecule has 1 aromatic rings. The summed E-state index contributed by atoms with van der Waals surface area (Å²) >= 11 is 0. The topological polar surface area (TPSA) is 35.8 Å². The van der Waals surface area contributed by atoms with E-state index in [0.717, 1.165) is 5.69 Å². The van der Waals surface area contributed by atoms with Crippen LogP contribution in [0.1, 0.15) is 20.8 Å². The van der Waals surface area contributed by atoms with Crippen LogP contribution in [0.4, 0.5) is 5.69 Å². The zero-order chi connectivity index (χ0) is 10.6. The molecule has 0 aliphatic carbocycles. The Morgan fingerprint density at radius 2 is 1.86 bits per heavy atom. The lowest BCUT2D eigenvalue weighted by Crippen LogP contribution is -2.38. The number of nitrogens with one attached hydrogen (secondary N) is 1. The van der Waals surface area contributed by atoms with Gasteiger partial charge in [0.05, 0.1) is 6.07 Å². The fraction of sp³-hybridized carbons (Fsp3) is 0.417. The van der Waals surface area contributed by atoms with Gasteiger partial charge in [0.2, 0.25) is 0 Å². The first-order valence-electron chi connectivity index (χ1n) is 4.83. The maximum Gasteiger partial charge on any atom is 0.124 e. The van der Waals surface area contributed by atoms with E-state index in [2.05, 4.69) is 11.4 Å². The van der Waals surface area contributed by atoms with Gasteiger partial charge in [0.25, 0.3) is 0 Å². The highest BCUT2D eigenvalue weighted by Crippen LogP contribution is 2.21. The first kappa shape index (κ1) is 10.6. The van der Waals surface area contributed by atoms with Crippen molar-refractivity contribution < 1.29 is 0 Å². The molecule has 1 rings (SSSR count). The first-order valence-corrected chi connectivity index (χ1v) is 4.83. The molecule has 74 valence electrons. The summed E-state index contributed by atoms with van der Waals surface area (Å²) in [6.45, 7) is 6.00. The van der Waals surface area contributed by atoms with Crippen LogP contribution in [-0.2, 0) is 0 Å². The minimum absolute atomic E-state index is 0.271. The van der Waals surface area contributed by atoms with Gasteiger partial charge in [-0.25, -0.2) is 0 Å². The Balaban J connectivity index is 2.83. The predicted molar refractivity (Wildman–Crippen MR) is 58.9 cm³/mol. The van der Waals surface area contributed by atoms with Crippen LogP contribution in [0.15, 0.2) is 30.3 Å². The summed E-state index contributed by atoms with van der Waals surface area (Å²) in [5.41, 5.74) is 0.492. The molecule has 0 aromatic heterocycles. The largest absolute Gasteiger partial charge is 0.367 e. The molecule has 14 heavy (non-hydrogen) atoms. The molecule has 1 N–H and O–H groups in total. The van der Waals surface area contributed by atoms with Gasteiger partial charge in [-0.1, -0.05) is 32.0 Å². The van der Waals surface area contributed by atoms with E-state index in [1.807, 2.05) is 51.1 Å². The van der Waals surface area contributed by atoms with Crippen molar-refractivity contribution in [1.29, 1.82) is 5.26 Å². The predicted octanol–water partition coefficient (Wildman–Crippen LogP) is 3.04. The molecule has 1 atom stereocenters. The van der Waals surface area contributed by atoms with E-state index < -0.39 is 5.54 Å². The van der Waals surface area contributed by atoms with Crippen LogP contribution >= 0.6 is 0 Å². The third kappa shape index (κ3) is 2.26. The van der Waals surface area contributed by atoms with E-state index in [9.17, 15) is 0 Å². The first-order chi connectivity index (χ1) is 6.58. The third-order valence-corrected chi connectivity index (χ3v) is 2.56. The van der Waals surface area contributed by atoms with Crippen molar-refractivity contribution in [3.8, 4) is 6.07 Å². The van der Waals surface area contributed by atoms with Gasteiger partial charge in [-0.2, -0.15) is 5.26 Å². The fourth-order valence-corrected chi connectivity index (χ4v) is 1.12. The zero-order valence-electron chi connectivity index (χ0n) is 8.91. The highest BCUT2D eigenvalue weighted by molar-refractivity contribution is 5.47. The van der Waals surface area contributed by atoms with Crippen LogP contribution in [0.25, 0.3) is 0 Å². The monoisotopic (exact) mass is 188 g/mol. The minimum atomic E-state index is -0.499. The van der Waals surface area contributed by atoms with E-state index in [1.54, 1.807) is 0 Å². The van der Waals surface area contributed by atoms with Crippen LogP contribution in [0.2, 0.25) is 0 Å². The normalized spacial score (nSPS) is 14.5. The molecule has 0 amide bonds. The van der Waals surface area contributed by atoms with Crippen molar-refractivity contribution >= 4 is 5.69 Å².